The number of rotatable bonds is 5. The molecule has 0 aliphatic heterocycles. The van der Waals surface area contributed by atoms with Gasteiger partial charge in [0.2, 0.25) is 9.84 Å². The Hall–Kier alpha value is -3.16. The van der Waals surface area contributed by atoms with Crippen LogP contribution in [0.2, 0.25) is 5.15 Å². The molecule has 0 radical (unpaired) electrons. The summed E-state index contributed by atoms with van der Waals surface area (Å²) in [5, 5.41) is 10.3. The van der Waals surface area contributed by atoms with Gasteiger partial charge in [-0.2, -0.15) is 5.10 Å². The Balaban J connectivity index is 1.72. The summed E-state index contributed by atoms with van der Waals surface area (Å²) >= 11 is 6.01. The minimum absolute atomic E-state index is 0.0207. The van der Waals surface area contributed by atoms with Crippen molar-refractivity contribution in [3.8, 4) is 11.3 Å². The topological polar surface area (TPSA) is 87.7 Å². The van der Waals surface area contributed by atoms with E-state index < -0.39 is 9.84 Å². The number of halogens is 1. The molecule has 6 nitrogen and oxygen atoms in total. The summed E-state index contributed by atoms with van der Waals surface area (Å²) in [6.07, 6.45) is 0. The summed E-state index contributed by atoms with van der Waals surface area (Å²) < 4.78 is 26.1. The minimum Gasteiger partial charge on any atom is -0.322 e. The molecule has 0 unspecified atom stereocenters. The van der Waals surface area contributed by atoms with Gasteiger partial charge < -0.3 is 5.32 Å². The van der Waals surface area contributed by atoms with E-state index in [9.17, 15) is 8.42 Å². The smallest absolute Gasteiger partial charge is 0.210 e. The molecule has 28 heavy (non-hydrogen) atoms. The van der Waals surface area contributed by atoms with Crippen LogP contribution in [0.4, 0.5) is 11.6 Å². The number of hydrogen-bond acceptors (Lipinski definition) is 5. The van der Waals surface area contributed by atoms with E-state index in [1.807, 2.05) is 30.3 Å². The van der Waals surface area contributed by atoms with Crippen LogP contribution < -0.4 is 5.32 Å². The first-order chi connectivity index (χ1) is 13.5. The lowest BCUT2D eigenvalue weighted by molar-refractivity contribution is 0.596. The summed E-state index contributed by atoms with van der Waals surface area (Å²) in [6.45, 7) is 0. The van der Waals surface area contributed by atoms with Crippen molar-refractivity contribution in [2.24, 2.45) is 0 Å². The summed E-state index contributed by atoms with van der Waals surface area (Å²) in [5.41, 5.74) is 1.75. The number of hydrogen-bond donors (Lipinski definition) is 2. The standard InChI is InChI=1S/C20H15ClN4O2S/c21-18-12-11-17(28(26,27)15-9-5-2-6-10-15)20(22-18)23-19-13-16(24-25-19)14-7-3-1-4-8-14/h1-13H,(H2,22,23,24,25). The van der Waals surface area contributed by atoms with Gasteiger partial charge in [-0.1, -0.05) is 60.1 Å². The third kappa shape index (κ3) is 3.62. The largest absolute Gasteiger partial charge is 0.322 e. The zero-order valence-electron chi connectivity index (χ0n) is 14.5. The Bertz CT molecular complexity index is 1210. The molecule has 140 valence electrons. The molecule has 2 heterocycles. The number of H-pyrrole nitrogens is 1. The first kappa shape index (κ1) is 18.2. The molecule has 8 heteroatoms. The van der Waals surface area contributed by atoms with E-state index in [0.717, 1.165) is 11.3 Å². The first-order valence-electron chi connectivity index (χ1n) is 8.38. The third-order valence-electron chi connectivity index (χ3n) is 4.08. The summed E-state index contributed by atoms with van der Waals surface area (Å²) in [4.78, 5) is 4.36. The van der Waals surface area contributed by atoms with E-state index in [0.29, 0.717) is 5.82 Å². The fourth-order valence-corrected chi connectivity index (χ4v) is 4.24. The Morgan fingerprint density at radius 2 is 1.57 bits per heavy atom. The number of anilines is 2. The van der Waals surface area contributed by atoms with Gasteiger partial charge in [0.25, 0.3) is 0 Å². The number of aromatic nitrogens is 3. The predicted molar refractivity (Wildman–Crippen MR) is 108 cm³/mol. The van der Waals surface area contributed by atoms with Crippen molar-refractivity contribution in [1.29, 1.82) is 0 Å². The third-order valence-corrected chi connectivity index (χ3v) is 6.09. The lowest BCUT2D eigenvalue weighted by Crippen LogP contribution is -2.07. The summed E-state index contributed by atoms with van der Waals surface area (Å²) in [5.74, 6) is 0.542. The van der Waals surface area contributed by atoms with Crippen LogP contribution in [0.15, 0.2) is 88.7 Å². The Morgan fingerprint density at radius 3 is 2.29 bits per heavy atom. The number of nitrogens with zero attached hydrogens (tertiary/aromatic N) is 2. The van der Waals surface area contributed by atoms with Crippen LogP contribution in [0.5, 0.6) is 0 Å². The Morgan fingerprint density at radius 1 is 0.893 bits per heavy atom. The van der Waals surface area contributed by atoms with Crippen molar-refractivity contribution in [2.75, 3.05) is 5.32 Å². The molecule has 0 aliphatic rings. The van der Waals surface area contributed by atoms with E-state index in [1.165, 1.54) is 24.3 Å². The number of sulfone groups is 1. The molecule has 2 aromatic carbocycles. The molecule has 0 saturated heterocycles. The van der Waals surface area contributed by atoms with Gasteiger partial charge >= 0.3 is 0 Å². The van der Waals surface area contributed by atoms with Gasteiger partial charge in [0.15, 0.2) is 11.6 Å². The second kappa shape index (κ2) is 7.46. The fourth-order valence-electron chi connectivity index (χ4n) is 2.73. The average molecular weight is 411 g/mol. The first-order valence-corrected chi connectivity index (χ1v) is 10.2. The van der Waals surface area contributed by atoms with Crippen molar-refractivity contribution in [2.45, 2.75) is 9.79 Å². The van der Waals surface area contributed by atoms with Gasteiger partial charge in [-0.15, -0.1) is 0 Å². The van der Waals surface area contributed by atoms with Crippen molar-refractivity contribution in [3.05, 3.63) is 84.0 Å². The van der Waals surface area contributed by atoms with E-state index >= 15 is 0 Å². The molecule has 0 spiro atoms. The predicted octanol–water partition coefficient (Wildman–Crippen LogP) is 4.70. The SMILES string of the molecule is O=S(=O)(c1ccccc1)c1ccc(Cl)nc1Nc1cc(-c2ccccc2)[nH]n1. The van der Waals surface area contributed by atoms with E-state index in [4.69, 9.17) is 11.6 Å². The van der Waals surface area contributed by atoms with Crippen LogP contribution in [0.25, 0.3) is 11.3 Å². The van der Waals surface area contributed by atoms with Crippen molar-refractivity contribution < 1.29 is 8.42 Å². The highest BCUT2D eigenvalue weighted by Crippen LogP contribution is 2.30. The zero-order chi connectivity index (χ0) is 19.6. The second-order valence-electron chi connectivity index (χ2n) is 5.96. The zero-order valence-corrected chi connectivity index (χ0v) is 16.1. The molecule has 2 N–H and O–H groups in total. The van der Waals surface area contributed by atoms with E-state index in [1.54, 1.807) is 24.3 Å². The highest BCUT2D eigenvalue weighted by molar-refractivity contribution is 7.91. The number of benzene rings is 2. The monoisotopic (exact) mass is 410 g/mol. The molecule has 4 rings (SSSR count). The second-order valence-corrected chi connectivity index (χ2v) is 8.26. The van der Waals surface area contributed by atoms with Crippen molar-refractivity contribution in [1.82, 2.24) is 15.2 Å². The molecular weight excluding hydrogens is 396 g/mol. The molecule has 0 fully saturated rings. The maximum atomic E-state index is 13.0. The van der Waals surface area contributed by atoms with Crippen LogP contribution in [0.1, 0.15) is 0 Å². The van der Waals surface area contributed by atoms with Gasteiger partial charge in [-0.25, -0.2) is 13.4 Å². The molecule has 2 aromatic heterocycles. The number of nitrogens with one attached hydrogen (secondary N) is 2. The van der Waals surface area contributed by atoms with Gasteiger partial charge in [0.1, 0.15) is 10.0 Å². The molecule has 0 saturated carbocycles. The van der Waals surface area contributed by atoms with E-state index in [2.05, 4.69) is 20.5 Å². The lowest BCUT2D eigenvalue weighted by Gasteiger charge is -2.10. The van der Waals surface area contributed by atoms with Crippen LogP contribution in [-0.2, 0) is 9.84 Å². The molecule has 0 amide bonds. The van der Waals surface area contributed by atoms with Crippen molar-refractivity contribution >= 4 is 33.1 Å². The molecule has 0 bridgehead atoms. The van der Waals surface area contributed by atoms with Crippen LogP contribution in [0, 0.1) is 0 Å². The quantitative estimate of drug-likeness (QED) is 0.465. The molecule has 0 aliphatic carbocycles. The van der Waals surface area contributed by atoms with Crippen LogP contribution in [0.3, 0.4) is 0 Å². The highest BCUT2D eigenvalue weighted by atomic mass is 35.5. The van der Waals surface area contributed by atoms with Crippen LogP contribution in [-0.4, -0.2) is 23.6 Å². The summed E-state index contributed by atoms with van der Waals surface area (Å²) in [7, 11) is -3.77. The fraction of sp³-hybridized carbons (Fsp3) is 0. The average Bonchev–Trinajstić information content (AvgIpc) is 3.18. The van der Waals surface area contributed by atoms with Gasteiger partial charge in [0.05, 0.1) is 10.6 Å². The van der Waals surface area contributed by atoms with Gasteiger partial charge in [-0.3, -0.25) is 5.10 Å². The van der Waals surface area contributed by atoms with Gasteiger partial charge in [0, 0.05) is 6.07 Å². The summed E-state index contributed by atoms with van der Waals surface area (Å²) in [6, 6.07) is 22.5. The highest BCUT2D eigenvalue weighted by Gasteiger charge is 2.23. The Labute approximate surface area is 167 Å². The van der Waals surface area contributed by atoms with Gasteiger partial charge in [-0.05, 0) is 29.8 Å². The minimum atomic E-state index is -3.77. The maximum absolute atomic E-state index is 13.0. The molecule has 4 aromatic rings. The number of aromatic amines is 1. The molecule has 0 atom stereocenters. The molecular formula is C20H15ClN4O2S. The number of pyridine rings is 1. The Kier molecular flexibility index (Phi) is 4.85. The normalized spacial score (nSPS) is 11.3. The maximum Gasteiger partial charge on any atom is 0.210 e. The van der Waals surface area contributed by atoms with Crippen LogP contribution >= 0.6 is 11.6 Å². The lowest BCUT2D eigenvalue weighted by atomic mass is 10.2. The van der Waals surface area contributed by atoms with E-state index in [-0.39, 0.29) is 20.8 Å². The van der Waals surface area contributed by atoms with Crippen molar-refractivity contribution in [3.63, 3.8) is 0 Å².